The zero-order valence-electron chi connectivity index (χ0n) is 15.5. The summed E-state index contributed by atoms with van der Waals surface area (Å²) in [6, 6.07) is 14.6. The minimum atomic E-state index is -1.19. The molecule has 1 N–H and O–H groups in total. The molecule has 3 amide bonds. The van der Waals surface area contributed by atoms with Crippen LogP contribution in [0.4, 0.5) is 4.79 Å². The third-order valence-electron chi connectivity index (χ3n) is 5.14. The second kappa shape index (κ2) is 6.30. The Hall–Kier alpha value is -3.94. The molecule has 0 aliphatic carbocycles. The molecule has 0 bridgehead atoms. The Morgan fingerprint density at radius 3 is 2.76 bits per heavy atom. The Kier molecular flexibility index (Phi) is 3.73. The van der Waals surface area contributed by atoms with Crippen LogP contribution in [0.15, 0.2) is 70.0 Å². The number of aromatic nitrogens is 2. The van der Waals surface area contributed by atoms with Crippen molar-refractivity contribution in [2.24, 2.45) is 0 Å². The lowest BCUT2D eigenvalue weighted by molar-refractivity contribution is -0.131. The van der Waals surface area contributed by atoms with Gasteiger partial charge in [0, 0.05) is 0 Å². The molecular formula is C21H16N4O4. The zero-order chi connectivity index (χ0) is 20.0. The number of rotatable bonds is 4. The molecule has 29 heavy (non-hydrogen) atoms. The van der Waals surface area contributed by atoms with Crippen molar-refractivity contribution in [1.82, 2.24) is 20.4 Å². The van der Waals surface area contributed by atoms with Gasteiger partial charge in [0.1, 0.15) is 11.8 Å². The predicted molar refractivity (Wildman–Crippen MR) is 102 cm³/mol. The van der Waals surface area contributed by atoms with Crippen LogP contribution in [0.2, 0.25) is 0 Å². The minimum Gasteiger partial charge on any atom is -0.472 e. The number of fused-ring (bicyclic) bond motifs is 1. The largest absolute Gasteiger partial charge is 0.472 e. The molecule has 1 fully saturated rings. The van der Waals surface area contributed by atoms with Crippen LogP contribution in [0, 0.1) is 0 Å². The van der Waals surface area contributed by atoms with E-state index in [4.69, 9.17) is 8.94 Å². The van der Waals surface area contributed by atoms with E-state index < -0.39 is 11.6 Å². The number of imide groups is 1. The van der Waals surface area contributed by atoms with Crippen molar-refractivity contribution in [3.63, 3.8) is 0 Å². The maximum Gasteiger partial charge on any atom is 0.325 e. The fourth-order valence-corrected chi connectivity index (χ4v) is 3.65. The fraction of sp³-hybridized carbons (Fsp3) is 0.143. The number of urea groups is 1. The standard InChI is InChI=1S/C21H16N4O4/c1-21(16-8-4-6-13-5-2-3-7-15(13)16)19(26)25(20(27)23-21)11-17-22-18(29-24-17)14-9-10-28-12-14/h2-10,12H,11H2,1H3,(H,23,27). The molecule has 8 nitrogen and oxygen atoms in total. The monoisotopic (exact) mass is 388 g/mol. The molecule has 5 rings (SSSR count). The van der Waals surface area contributed by atoms with Crippen molar-refractivity contribution in [3.05, 3.63) is 72.4 Å². The SMILES string of the molecule is CC1(c2cccc3ccccc23)NC(=O)N(Cc2noc(-c3ccoc3)n2)C1=O. The van der Waals surface area contributed by atoms with Crippen LogP contribution in [0.1, 0.15) is 18.3 Å². The Bertz CT molecular complexity index is 1230. The van der Waals surface area contributed by atoms with E-state index in [9.17, 15) is 9.59 Å². The molecule has 0 radical (unpaired) electrons. The second-order valence-corrected chi connectivity index (χ2v) is 7.00. The van der Waals surface area contributed by atoms with Crippen LogP contribution in [0.25, 0.3) is 22.2 Å². The van der Waals surface area contributed by atoms with Gasteiger partial charge in [-0.2, -0.15) is 4.98 Å². The third-order valence-corrected chi connectivity index (χ3v) is 5.14. The maximum absolute atomic E-state index is 13.3. The molecule has 1 atom stereocenters. The number of hydrogen-bond donors (Lipinski definition) is 1. The van der Waals surface area contributed by atoms with Gasteiger partial charge in [0.15, 0.2) is 5.82 Å². The summed E-state index contributed by atoms with van der Waals surface area (Å²) >= 11 is 0. The summed E-state index contributed by atoms with van der Waals surface area (Å²) in [5, 5.41) is 8.61. The van der Waals surface area contributed by atoms with Gasteiger partial charge in [0.25, 0.3) is 11.8 Å². The molecule has 1 saturated heterocycles. The Morgan fingerprint density at radius 1 is 1.10 bits per heavy atom. The molecule has 1 aliphatic heterocycles. The van der Waals surface area contributed by atoms with Crippen LogP contribution in [-0.4, -0.2) is 27.0 Å². The van der Waals surface area contributed by atoms with E-state index in [1.54, 1.807) is 13.0 Å². The van der Waals surface area contributed by atoms with Crippen molar-refractivity contribution < 1.29 is 18.5 Å². The van der Waals surface area contributed by atoms with Crippen LogP contribution in [0.3, 0.4) is 0 Å². The first-order chi connectivity index (χ1) is 14.1. The van der Waals surface area contributed by atoms with Crippen LogP contribution < -0.4 is 5.32 Å². The quantitative estimate of drug-likeness (QED) is 0.537. The summed E-state index contributed by atoms with van der Waals surface area (Å²) in [4.78, 5) is 31.3. The average Bonchev–Trinajstić information content (AvgIpc) is 3.46. The summed E-state index contributed by atoms with van der Waals surface area (Å²) in [6.45, 7) is 1.62. The van der Waals surface area contributed by atoms with E-state index >= 15 is 0 Å². The van der Waals surface area contributed by atoms with Crippen molar-refractivity contribution in [2.45, 2.75) is 19.0 Å². The van der Waals surface area contributed by atoms with E-state index in [0.717, 1.165) is 21.2 Å². The van der Waals surface area contributed by atoms with Crippen molar-refractivity contribution >= 4 is 22.7 Å². The maximum atomic E-state index is 13.3. The molecule has 1 unspecified atom stereocenters. The highest BCUT2D eigenvalue weighted by atomic mass is 16.5. The highest BCUT2D eigenvalue weighted by molar-refractivity contribution is 6.09. The van der Waals surface area contributed by atoms with Gasteiger partial charge in [-0.25, -0.2) is 4.79 Å². The van der Waals surface area contributed by atoms with Gasteiger partial charge in [-0.15, -0.1) is 0 Å². The molecule has 0 saturated carbocycles. The van der Waals surface area contributed by atoms with Crippen LogP contribution in [-0.2, 0) is 16.9 Å². The summed E-state index contributed by atoms with van der Waals surface area (Å²) in [5.41, 5.74) is 0.180. The smallest absolute Gasteiger partial charge is 0.325 e. The number of benzene rings is 2. The van der Waals surface area contributed by atoms with Gasteiger partial charge in [0.2, 0.25) is 0 Å². The van der Waals surface area contributed by atoms with Gasteiger partial charge in [-0.3, -0.25) is 9.69 Å². The number of amides is 3. The average molecular weight is 388 g/mol. The summed E-state index contributed by atoms with van der Waals surface area (Å²) < 4.78 is 10.2. The first kappa shape index (κ1) is 17.2. The predicted octanol–water partition coefficient (Wildman–Crippen LogP) is 3.45. The van der Waals surface area contributed by atoms with Gasteiger partial charge in [0.05, 0.1) is 18.4 Å². The minimum absolute atomic E-state index is 0.0909. The van der Waals surface area contributed by atoms with Gasteiger partial charge >= 0.3 is 6.03 Å². The number of hydrogen-bond acceptors (Lipinski definition) is 6. The van der Waals surface area contributed by atoms with Crippen molar-refractivity contribution in [1.29, 1.82) is 0 Å². The molecule has 2 aromatic heterocycles. The molecule has 1 aliphatic rings. The molecule has 3 heterocycles. The number of nitrogens with one attached hydrogen (secondary N) is 1. The Balaban J connectivity index is 1.47. The normalized spacial score (nSPS) is 19.1. The molecule has 4 aromatic rings. The van der Waals surface area contributed by atoms with E-state index in [0.29, 0.717) is 5.56 Å². The van der Waals surface area contributed by atoms with Crippen molar-refractivity contribution in [2.75, 3.05) is 0 Å². The number of furan rings is 1. The van der Waals surface area contributed by atoms with E-state index in [1.807, 2.05) is 42.5 Å². The van der Waals surface area contributed by atoms with E-state index in [1.165, 1.54) is 12.5 Å². The van der Waals surface area contributed by atoms with E-state index in [-0.39, 0.29) is 24.2 Å². The highest BCUT2D eigenvalue weighted by Gasteiger charge is 2.49. The molecule has 8 heteroatoms. The zero-order valence-corrected chi connectivity index (χ0v) is 15.5. The lowest BCUT2D eigenvalue weighted by Gasteiger charge is -2.23. The number of carbonyl (C=O) groups is 2. The van der Waals surface area contributed by atoms with Crippen LogP contribution in [0.5, 0.6) is 0 Å². The molecule has 144 valence electrons. The lowest BCUT2D eigenvalue weighted by Crippen LogP contribution is -2.41. The van der Waals surface area contributed by atoms with Crippen molar-refractivity contribution in [3.8, 4) is 11.5 Å². The summed E-state index contributed by atoms with van der Waals surface area (Å²) in [7, 11) is 0. The third kappa shape index (κ3) is 2.68. The molecule has 0 spiro atoms. The molecule has 2 aromatic carbocycles. The van der Waals surface area contributed by atoms with E-state index in [2.05, 4.69) is 15.5 Å². The Morgan fingerprint density at radius 2 is 1.93 bits per heavy atom. The number of carbonyl (C=O) groups excluding carboxylic acids is 2. The topological polar surface area (TPSA) is 101 Å². The lowest BCUT2D eigenvalue weighted by atomic mass is 9.88. The second-order valence-electron chi connectivity index (χ2n) is 7.00. The summed E-state index contributed by atoms with van der Waals surface area (Å²) in [6.07, 6.45) is 2.97. The first-order valence-electron chi connectivity index (χ1n) is 9.04. The van der Waals surface area contributed by atoms with Gasteiger partial charge < -0.3 is 14.3 Å². The fourth-order valence-electron chi connectivity index (χ4n) is 3.65. The Labute approximate surface area is 165 Å². The molecular weight excluding hydrogens is 372 g/mol. The van der Waals surface area contributed by atoms with Crippen LogP contribution >= 0.6 is 0 Å². The number of nitrogens with zero attached hydrogens (tertiary/aromatic N) is 3. The van der Waals surface area contributed by atoms with Gasteiger partial charge in [-0.1, -0.05) is 47.6 Å². The summed E-state index contributed by atoms with van der Waals surface area (Å²) in [5.74, 6) is 0.123. The first-order valence-corrected chi connectivity index (χ1v) is 9.04. The van der Waals surface area contributed by atoms with Gasteiger partial charge in [-0.05, 0) is 29.3 Å². The highest BCUT2D eigenvalue weighted by Crippen LogP contribution is 2.34.